The van der Waals surface area contributed by atoms with E-state index in [4.69, 9.17) is 19.1 Å². The molecule has 0 bridgehead atoms. The van der Waals surface area contributed by atoms with Crippen LogP contribution in [0.4, 0.5) is 11.4 Å². The lowest BCUT2D eigenvalue weighted by atomic mass is 9.81. The van der Waals surface area contributed by atoms with E-state index in [9.17, 15) is 17.8 Å². The van der Waals surface area contributed by atoms with E-state index in [1.807, 2.05) is 24.3 Å². The van der Waals surface area contributed by atoms with Gasteiger partial charge in [0.25, 0.3) is 10.1 Å². The molecule has 0 saturated carbocycles. The molecule has 5 rings (SSSR count). The summed E-state index contributed by atoms with van der Waals surface area (Å²) in [5.74, 6) is -0.150. The van der Waals surface area contributed by atoms with Crippen LogP contribution in [0, 0.1) is 0 Å². The zero-order valence-corrected chi connectivity index (χ0v) is 39.2. The van der Waals surface area contributed by atoms with Crippen LogP contribution in [0.3, 0.4) is 0 Å². The van der Waals surface area contributed by atoms with Crippen molar-refractivity contribution in [2.45, 2.75) is 113 Å². The molecule has 1 saturated heterocycles. The molecule has 2 aromatic carbocycles. The van der Waals surface area contributed by atoms with E-state index < -0.39 is 15.5 Å². The Bertz CT molecular complexity index is 2150. The predicted octanol–water partition coefficient (Wildman–Crippen LogP) is 9.11. The molecule has 2 N–H and O–H groups in total. The SMILES string of the molecule is CCN1\C(=C/C=C/C=C/C2=[N+](CCCCCC(=O)OCCCCCCN=C=NCCCN3CCOCC3)c3ccc(SOOO)cc3C2(C)C)C(C)(C)c2cc(S(=O)(=O)O)ccc21. The van der Waals surface area contributed by atoms with Crippen LogP contribution in [0.2, 0.25) is 0 Å². The topological polar surface area (TPSA) is 163 Å². The first-order chi connectivity index (χ1) is 30.3. The number of likely N-dealkylation sites (N-methyl/N-ethyl adjacent to an activating group) is 1. The zero-order valence-electron chi connectivity index (χ0n) is 37.6. The largest absolute Gasteiger partial charge is 0.466 e. The summed E-state index contributed by atoms with van der Waals surface area (Å²) < 4.78 is 51.5. The Labute approximate surface area is 378 Å². The highest BCUT2D eigenvalue weighted by Crippen LogP contribution is 2.48. The smallest absolute Gasteiger partial charge is 0.305 e. The Balaban J connectivity index is 1.09. The zero-order chi connectivity index (χ0) is 45.3. The molecular weight excluding hydrogens is 843 g/mol. The summed E-state index contributed by atoms with van der Waals surface area (Å²) in [7, 11) is -4.33. The number of carbonyl (C=O) groups is 1. The normalized spacial score (nSPS) is 17.8. The Morgan fingerprint density at radius 2 is 1.67 bits per heavy atom. The van der Waals surface area contributed by atoms with E-state index in [2.05, 4.69) is 94.3 Å². The van der Waals surface area contributed by atoms with Crippen LogP contribution in [-0.4, -0.2) is 111 Å². The number of morpholine rings is 1. The van der Waals surface area contributed by atoms with Crippen LogP contribution in [0.15, 0.2) is 92.3 Å². The van der Waals surface area contributed by atoms with Crippen LogP contribution in [0.5, 0.6) is 0 Å². The van der Waals surface area contributed by atoms with E-state index in [1.165, 1.54) is 6.07 Å². The number of hydrogen-bond acceptors (Lipinski definition) is 13. The minimum Gasteiger partial charge on any atom is -0.466 e. The van der Waals surface area contributed by atoms with Gasteiger partial charge in [0.2, 0.25) is 5.69 Å². The third kappa shape index (κ3) is 14.0. The summed E-state index contributed by atoms with van der Waals surface area (Å²) in [5.41, 5.74) is 5.25. The number of ether oxygens (including phenoxy) is 2. The summed E-state index contributed by atoms with van der Waals surface area (Å²) in [6, 6.07) is 13.6. The van der Waals surface area contributed by atoms with Crippen molar-refractivity contribution in [3.8, 4) is 0 Å². The lowest BCUT2D eigenvalue weighted by Gasteiger charge is -2.25. The predicted molar refractivity (Wildman–Crippen MR) is 248 cm³/mol. The maximum Gasteiger partial charge on any atom is 0.305 e. The molecule has 3 aliphatic heterocycles. The number of unbranched alkanes of at least 4 members (excludes halogenated alkanes) is 5. The second-order valence-electron chi connectivity index (χ2n) is 17.0. The van der Waals surface area contributed by atoms with Gasteiger partial charge in [0, 0.05) is 85.0 Å². The Hall–Kier alpha value is -3.96. The average molecular weight is 909 g/mol. The Kier molecular flexibility index (Phi) is 19.4. The van der Waals surface area contributed by atoms with Crippen molar-refractivity contribution in [3.63, 3.8) is 0 Å². The van der Waals surface area contributed by atoms with Crippen LogP contribution in [-0.2, 0) is 44.6 Å². The molecule has 2 aromatic rings. The van der Waals surface area contributed by atoms with Crippen molar-refractivity contribution in [1.29, 1.82) is 0 Å². The maximum absolute atomic E-state index is 12.5. The molecule has 14 nitrogen and oxygen atoms in total. The molecule has 0 radical (unpaired) electrons. The number of hydrogen-bond donors (Lipinski definition) is 2. The molecule has 16 heteroatoms. The molecular formula is C47H66N5O9S2+. The molecule has 3 aliphatic rings. The molecule has 63 heavy (non-hydrogen) atoms. The van der Waals surface area contributed by atoms with E-state index in [-0.39, 0.29) is 16.3 Å². The van der Waals surface area contributed by atoms with Gasteiger partial charge in [0.1, 0.15) is 6.54 Å². The van der Waals surface area contributed by atoms with Crippen molar-refractivity contribution in [2.75, 3.05) is 70.5 Å². The van der Waals surface area contributed by atoms with Crippen molar-refractivity contribution in [1.82, 2.24) is 4.90 Å². The third-order valence-corrected chi connectivity index (χ3v) is 13.3. The first-order valence-electron chi connectivity index (χ1n) is 22.2. The summed E-state index contributed by atoms with van der Waals surface area (Å²) in [4.78, 5) is 26.3. The first kappa shape index (κ1) is 50.0. The number of rotatable bonds is 25. The average Bonchev–Trinajstić information content (AvgIpc) is 3.61. The van der Waals surface area contributed by atoms with Gasteiger partial charge in [-0.25, -0.2) is 15.2 Å². The second kappa shape index (κ2) is 24.4. The lowest BCUT2D eigenvalue weighted by Crippen LogP contribution is -2.37. The van der Waals surface area contributed by atoms with Crippen molar-refractivity contribution < 1.29 is 46.4 Å². The molecule has 0 atom stereocenters. The van der Waals surface area contributed by atoms with E-state index in [0.29, 0.717) is 26.1 Å². The van der Waals surface area contributed by atoms with E-state index in [0.717, 1.165) is 148 Å². The van der Waals surface area contributed by atoms with Crippen LogP contribution >= 0.6 is 12.0 Å². The molecule has 0 spiro atoms. The quantitative estimate of drug-likeness (QED) is 0.0112. The standard InChI is InChI=1S/C47H65N5O9S2/c1-6-51-41-24-22-38(63(55,56)57)35-40(41)47(4,5)43(51)18-11-9-12-19-44-46(2,3)39-34-37(62-61-60-54)21-23-42(39)52(44)28-15-10-13-20-45(53)59-31-16-8-7-14-25-48-36-49-26-17-27-50-29-32-58-33-30-50/h9,11-12,18-19,21-24,34-35H,6-8,10,13-17,20,25-33H2,1-5H3,(H-,54,55,56,57)/p+1. The number of esters is 1. The third-order valence-electron chi connectivity index (χ3n) is 11.9. The molecule has 344 valence electrons. The Morgan fingerprint density at radius 3 is 2.41 bits per heavy atom. The summed E-state index contributed by atoms with van der Waals surface area (Å²) in [5, 5.41) is 12.6. The van der Waals surface area contributed by atoms with Crippen molar-refractivity contribution >= 4 is 51.2 Å². The van der Waals surface area contributed by atoms with Gasteiger partial charge in [-0.3, -0.25) is 14.2 Å². The molecule has 3 heterocycles. The summed E-state index contributed by atoms with van der Waals surface area (Å²) >= 11 is 0.932. The minimum absolute atomic E-state index is 0.113. The fourth-order valence-electron chi connectivity index (χ4n) is 8.48. The Morgan fingerprint density at radius 1 is 0.921 bits per heavy atom. The van der Waals surface area contributed by atoms with E-state index >= 15 is 0 Å². The molecule has 0 aromatic heterocycles. The van der Waals surface area contributed by atoms with Gasteiger partial charge in [-0.2, -0.15) is 13.0 Å². The number of anilines is 1. The molecule has 0 unspecified atom stereocenters. The number of benzene rings is 2. The van der Waals surface area contributed by atoms with Gasteiger partial charge in [0.05, 0.1) is 54.7 Å². The van der Waals surface area contributed by atoms with Crippen LogP contribution < -0.4 is 4.90 Å². The van der Waals surface area contributed by atoms with Crippen LogP contribution in [0.1, 0.15) is 104 Å². The second-order valence-corrected chi connectivity index (χ2v) is 19.2. The fourth-order valence-corrected chi connectivity index (χ4v) is 9.39. The summed E-state index contributed by atoms with van der Waals surface area (Å²) in [6.07, 6.45) is 17.9. The maximum atomic E-state index is 12.5. The number of fused-ring (bicyclic) bond motifs is 2. The summed E-state index contributed by atoms with van der Waals surface area (Å²) in [6.45, 7) is 18.6. The van der Waals surface area contributed by atoms with Gasteiger partial charge in [-0.05, 0) is 101 Å². The highest BCUT2D eigenvalue weighted by atomic mass is 32.2. The molecule has 0 amide bonds. The number of allylic oxidation sites excluding steroid dienone is 6. The van der Waals surface area contributed by atoms with Gasteiger partial charge in [0.15, 0.2) is 5.71 Å². The van der Waals surface area contributed by atoms with E-state index in [1.54, 1.807) is 12.1 Å². The van der Waals surface area contributed by atoms with Crippen LogP contribution in [0.25, 0.3) is 0 Å². The van der Waals surface area contributed by atoms with Crippen molar-refractivity contribution in [2.24, 2.45) is 9.98 Å². The highest BCUT2D eigenvalue weighted by Gasteiger charge is 2.44. The number of carbonyl (C=O) groups excluding carboxylic acids is 1. The minimum atomic E-state index is -4.33. The van der Waals surface area contributed by atoms with Crippen molar-refractivity contribution in [3.05, 3.63) is 83.6 Å². The molecule has 0 aliphatic carbocycles. The van der Waals surface area contributed by atoms with Gasteiger partial charge in [-0.1, -0.05) is 43.5 Å². The first-order valence-corrected chi connectivity index (χ1v) is 24.4. The molecule has 1 fully saturated rings. The van der Waals surface area contributed by atoms with Gasteiger partial charge < -0.3 is 14.4 Å². The number of aliphatic imine (C=N–C) groups is 2. The fraction of sp³-hybridized carbons (Fsp3) is 0.553. The monoisotopic (exact) mass is 908 g/mol. The van der Waals surface area contributed by atoms with Gasteiger partial charge in [-0.15, -0.1) is 4.33 Å². The lowest BCUT2D eigenvalue weighted by molar-refractivity contribution is -0.438. The number of nitrogens with zero attached hydrogens (tertiary/aromatic N) is 5. The highest BCUT2D eigenvalue weighted by molar-refractivity contribution is 7.94. The van der Waals surface area contributed by atoms with Gasteiger partial charge >= 0.3 is 5.97 Å².